The first-order valence-electron chi connectivity index (χ1n) is 7.57. The summed E-state index contributed by atoms with van der Waals surface area (Å²) < 4.78 is 0.459. The Kier molecular flexibility index (Phi) is 5.87. The molecule has 0 bridgehead atoms. The Balaban J connectivity index is 3.66. The Hall–Kier alpha value is -0.580. The van der Waals surface area contributed by atoms with Crippen LogP contribution in [-0.2, 0) is 10.8 Å². The summed E-state index contributed by atoms with van der Waals surface area (Å²) in [6.07, 6.45) is 1.82. The second-order valence-electron chi connectivity index (χ2n) is 6.95. The lowest BCUT2D eigenvalue weighted by Gasteiger charge is -2.31. The molecule has 1 aromatic rings. The van der Waals surface area contributed by atoms with Crippen LogP contribution in [0.15, 0.2) is 12.1 Å². The fourth-order valence-corrected chi connectivity index (χ4v) is 2.73. The summed E-state index contributed by atoms with van der Waals surface area (Å²) in [6, 6.07) is 3.77. The summed E-state index contributed by atoms with van der Waals surface area (Å²) in [5.41, 5.74) is 2.19. The Morgan fingerprint density at radius 2 is 1.43 bits per heavy atom. The summed E-state index contributed by atoms with van der Waals surface area (Å²) in [7, 11) is 0. The molecule has 118 valence electrons. The predicted octanol–water partition coefficient (Wildman–Crippen LogP) is 5.39. The Bertz CT molecular complexity index is 493. The van der Waals surface area contributed by atoms with E-state index in [0.717, 1.165) is 29.5 Å². The minimum Gasteiger partial charge on any atom is -0.507 e. The average molecular weight is 402 g/mol. The standard InChI is InChI=1S/C18H27IO2/c1-7-17(3,4)13-9-12(15(20)11-19)10-14(16(13)21)18(5,6)8-2/h9-10,21H,7-8,11H2,1-6H3. The maximum atomic E-state index is 12.2. The van der Waals surface area contributed by atoms with Gasteiger partial charge >= 0.3 is 0 Å². The van der Waals surface area contributed by atoms with Crippen molar-refractivity contribution in [2.45, 2.75) is 65.2 Å². The first-order valence-corrected chi connectivity index (χ1v) is 9.10. The molecule has 1 rings (SSSR count). The second-order valence-corrected chi connectivity index (χ2v) is 7.71. The molecule has 0 aromatic heterocycles. The summed E-state index contributed by atoms with van der Waals surface area (Å²) in [6.45, 7) is 12.7. The number of benzene rings is 1. The number of phenols is 1. The van der Waals surface area contributed by atoms with Crippen molar-refractivity contribution in [1.29, 1.82) is 0 Å². The minimum atomic E-state index is -0.149. The third-order valence-electron chi connectivity index (χ3n) is 4.78. The third-order valence-corrected chi connectivity index (χ3v) is 5.47. The van der Waals surface area contributed by atoms with Crippen LogP contribution in [0, 0.1) is 0 Å². The highest BCUT2D eigenvalue weighted by Gasteiger charge is 2.30. The van der Waals surface area contributed by atoms with Crippen molar-refractivity contribution in [3.63, 3.8) is 0 Å². The Morgan fingerprint density at radius 3 is 1.71 bits per heavy atom. The molecule has 0 fully saturated rings. The van der Waals surface area contributed by atoms with Crippen molar-refractivity contribution >= 4 is 28.4 Å². The molecule has 3 heteroatoms. The molecule has 1 aromatic carbocycles. The van der Waals surface area contributed by atoms with E-state index < -0.39 is 0 Å². The van der Waals surface area contributed by atoms with Crippen molar-refractivity contribution in [1.82, 2.24) is 0 Å². The van der Waals surface area contributed by atoms with Gasteiger partial charge < -0.3 is 5.11 Å². The molecule has 1 N–H and O–H groups in total. The van der Waals surface area contributed by atoms with Crippen LogP contribution in [0.2, 0.25) is 0 Å². The van der Waals surface area contributed by atoms with Gasteiger partial charge in [0.25, 0.3) is 0 Å². The van der Waals surface area contributed by atoms with E-state index >= 15 is 0 Å². The van der Waals surface area contributed by atoms with Crippen molar-refractivity contribution in [3.05, 3.63) is 28.8 Å². The number of Topliss-reactive ketones (excluding diaryl/α,β-unsaturated/α-hetero) is 1. The van der Waals surface area contributed by atoms with E-state index in [4.69, 9.17) is 0 Å². The summed E-state index contributed by atoms with van der Waals surface area (Å²) in [5, 5.41) is 10.8. The molecule has 2 nitrogen and oxygen atoms in total. The lowest BCUT2D eigenvalue weighted by atomic mass is 9.74. The average Bonchev–Trinajstić information content (AvgIpc) is 2.46. The van der Waals surface area contributed by atoms with Gasteiger partial charge in [-0.05, 0) is 35.8 Å². The number of hydrogen-bond acceptors (Lipinski definition) is 2. The first kappa shape index (κ1) is 18.5. The lowest BCUT2D eigenvalue weighted by molar-refractivity contribution is 0.102. The SMILES string of the molecule is CCC(C)(C)c1cc(C(=O)CI)cc(C(C)(C)CC)c1O. The largest absolute Gasteiger partial charge is 0.507 e. The maximum Gasteiger partial charge on any atom is 0.172 e. The molecule has 0 aliphatic heterocycles. The molecular formula is C18H27IO2. The number of carbonyl (C=O) groups is 1. The normalized spacial score (nSPS) is 12.5. The van der Waals surface area contributed by atoms with Crippen LogP contribution < -0.4 is 0 Å². The maximum absolute atomic E-state index is 12.2. The van der Waals surface area contributed by atoms with E-state index in [2.05, 4.69) is 64.1 Å². The Morgan fingerprint density at radius 1 is 1.05 bits per heavy atom. The van der Waals surface area contributed by atoms with E-state index in [0.29, 0.717) is 10.2 Å². The molecule has 0 spiro atoms. The molecule has 0 unspecified atom stereocenters. The highest BCUT2D eigenvalue weighted by molar-refractivity contribution is 14.1. The first-order chi connectivity index (χ1) is 9.60. The topological polar surface area (TPSA) is 37.3 Å². The van der Waals surface area contributed by atoms with Crippen LogP contribution in [0.3, 0.4) is 0 Å². The molecule has 0 saturated heterocycles. The quantitative estimate of drug-likeness (QED) is 0.394. The smallest absolute Gasteiger partial charge is 0.172 e. The number of alkyl halides is 1. The molecule has 0 amide bonds. The third kappa shape index (κ3) is 3.79. The van der Waals surface area contributed by atoms with Crippen LogP contribution in [0.5, 0.6) is 5.75 Å². The lowest BCUT2D eigenvalue weighted by Crippen LogP contribution is -2.22. The van der Waals surface area contributed by atoms with Gasteiger partial charge in [0.05, 0.1) is 4.43 Å². The van der Waals surface area contributed by atoms with Gasteiger partial charge in [-0.3, -0.25) is 4.79 Å². The molecule has 0 heterocycles. The van der Waals surface area contributed by atoms with Gasteiger partial charge in [0.15, 0.2) is 5.78 Å². The van der Waals surface area contributed by atoms with Gasteiger partial charge in [-0.15, -0.1) is 0 Å². The monoisotopic (exact) mass is 402 g/mol. The zero-order valence-corrected chi connectivity index (χ0v) is 16.2. The van der Waals surface area contributed by atoms with Crippen molar-refractivity contribution < 1.29 is 9.90 Å². The molecule has 0 saturated carbocycles. The number of aromatic hydroxyl groups is 1. The van der Waals surface area contributed by atoms with Crippen LogP contribution in [0.1, 0.15) is 75.9 Å². The van der Waals surface area contributed by atoms with Gasteiger partial charge in [-0.2, -0.15) is 0 Å². The molecule has 0 aliphatic carbocycles. The number of rotatable bonds is 6. The van der Waals surface area contributed by atoms with Crippen LogP contribution in [0.4, 0.5) is 0 Å². The van der Waals surface area contributed by atoms with Crippen molar-refractivity contribution in [2.75, 3.05) is 4.43 Å². The number of carbonyl (C=O) groups excluding carboxylic acids is 1. The highest BCUT2D eigenvalue weighted by Crippen LogP contribution is 2.42. The minimum absolute atomic E-state index is 0.122. The molecule has 21 heavy (non-hydrogen) atoms. The molecule has 0 atom stereocenters. The van der Waals surface area contributed by atoms with Crippen LogP contribution >= 0.6 is 22.6 Å². The van der Waals surface area contributed by atoms with Gasteiger partial charge in [-0.25, -0.2) is 0 Å². The van der Waals surface area contributed by atoms with E-state index in [1.807, 2.05) is 12.1 Å². The summed E-state index contributed by atoms with van der Waals surface area (Å²) >= 11 is 2.10. The van der Waals surface area contributed by atoms with E-state index in [1.165, 1.54) is 0 Å². The van der Waals surface area contributed by atoms with Gasteiger partial charge in [0, 0.05) is 16.7 Å². The number of phenolic OH excluding ortho intramolecular Hbond substituents is 1. The van der Waals surface area contributed by atoms with Crippen molar-refractivity contribution in [2.24, 2.45) is 0 Å². The highest BCUT2D eigenvalue weighted by atomic mass is 127. The van der Waals surface area contributed by atoms with E-state index in [1.54, 1.807) is 0 Å². The van der Waals surface area contributed by atoms with Gasteiger partial charge in [-0.1, -0.05) is 64.1 Å². The number of halogens is 1. The predicted molar refractivity (Wildman–Crippen MR) is 98.0 cm³/mol. The van der Waals surface area contributed by atoms with Crippen LogP contribution in [-0.4, -0.2) is 15.3 Å². The van der Waals surface area contributed by atoms with Gasteiger partial charge in [0.1, 0.15) is 5.75 Å². The zero-order valence-electron chi connectivity index (χ0n) is 14.0. The molecule has 0 radical (unpaired) electrons. The zero-order chi connectivity index (χ0) is 16.4. The summed E-state index contributed by atoms with van der Waals surface area (Å²) in [4.78, 5) is 12.2. The summed E-state index contributed by atoms with van der Waals surface area (Å²) in [5.74, 6) is 0.482. The fraction of sp³-hybridized carbons (Fsp3) is 0.611. The van der Waals surface area contributed by atoms with E-state index in [-0.39, 0.29) is 16.6 Å². The number of ketones is 1. The fourth-order valence-electron chi connectivity index (χ4n) is 2.29. The van der Waals surface area contributed by atoms with Crippen molar-refractivity contribution in [3.8, 4) is 5.75 Å². The number of hydrogen-bond donors (Lipinski definition) is 1. The Labute approximate surface area is 142 Å². The molecule has 0 aliphatic rings. The van der Waals surface area contributed by atoms with E-state index in [9.17, 15) is 9.90 Å². The second kappa shape index (κ2) is 6.67. The van der Waals surface area contributed by atoms with Crippen LogP contribution in [0.25, 0.3) is 0 Å². The molecular weight excluding hydrogens is 375 g/mol. The van der Waals surface area contributed by atoms with Gasteiger partial charge in [0.2, 0.25) is 0 Å².